The molecular formula is C30H30F3N5O3S. The van der Waals surface area contributed by atoms with E-state index in [1.807, 2.05) is 0 Å². The van der Waals surface area contributed by atoms with Crippen LogP contribution in [0.15, 0.2) is 53.8 Å². The van der Waals surface area contributed by atoms with Crippen molar-refractivity contribution >= 4 is 31.8 Å². The van der Waals surface area contributed by atoms with Crippen LogP contribution in [0.1, 0.15) is 47.1 Å². The second-order valence-electron chi connectivity index (χ2n) is 10.8. The number of methoxy groups -OCH3 is 1. The molecule has 0 N–H and O–H groups in total. The molecule has 5 aromatic rings. The molecule has 4 aromatic heterocycles. The maximum Gasteiger partial charge on any atom is 0.248 e. The lowest BCUT2D eigenvalue weighted by atomic mass is 9.80. The number of ether oxygens (including phenoxy) is 1. The quantitative estimate of drug-likeness (QED) is 0.229. The lowest BCUT2D eigenvalue weighted by Gasteiger charge is -2.35. The fraction of sp³-hybridized carbons (Fsp3) is 0.367. The Hall–Kier alpha value is -3.93. The van der Waals surface area contributed by atoms with Crippen LogP contribution in [-0.2, 0) is 16.9 Å². The predicted octanol–water partition coefficient (Wildman–Crippen LogP) is 6.26. The van der Waals surface area contributed by atoms with Crippen molar-refractivity contribution in [1.29, 1.82) is 0 Å². The fourth-order valence-corrected chi connectivity index (χ4v) is 6.74. The number of nitrogens with zero attached hydrogens (tertiary/aromatic N) is 5. The highest BCUT2D eigenvalue weighted by atomic mass is 32.2. The average molecular weight is 601 g/mol. The Labute approximate surface area is 245 Å². The molecule has 8 nitrogen and oxygen atoms in total. The first kappa shape index (κ1) is 24.6. The van der Waals surface area contributed by atoms with Crippen LogP contribution in [0.4, 0.5) is 13.2 Å². The van der Waals surface area contributed by atoms with Gasteiger partial charge >= 0.3 is 0 Å². The summed E-state index contributed by atoms with van der Waals surface area (Å²) in [5.74, 6) is -3.84. The van der Waals surface area contributed by atoms with Crippen LogP contribution in [0.25, 0.3) is 33.2 Å². The predicted molar refractivity (Wildman–Crippen MR) is 153 cm³/mol. The number of aromatic nitrogens is 5. The lowest BCUT2D eigenvalue weighted by molar-refractivity contribution is -0.0495. The molecule has 1 unspecified atom stereocenters. The van der Waals surface area contributed by atoms with Gasteiger partial charge in [0.2, 0.25) is 5.92 Å². The van der Waals surface area contributed by atoms with E-state index in [1.165, 1.54) is 54.6 Å². The summed E-state index contributed by atoms with van der Waals surface area (Å²) in [7, 11) is -0.786. The van der Waals surface area contributed by atoms with Gasteiger partial charge in [0.15, 0.2) is 9.84 Å². The fourth-order valence-electron chi connectivity index (χ4n) is 6.10. The lowest BCUT2D eigenvalue weighted by Crippen LogP contribution is -2.31. The van der Waals surface area contributed by atoms with Crippen molar-refractivity contribution in [3.05, 3.63) is 66.0 Å². The SMILES string of the molecule is [2H]C([2H])([2H])c1cnn(C)c1-c1cnc2c3c(OC)cc(S(C)(=O)=O)cc3n(C(c3ncccc3F)C3CCC(F)(F)CC3)c2c1. The van der Waals surface area contributed by atoms with Crippen LogP contribution < -0.4 is 4.74 Å². The van der Waals surface area contributed by atoms with Crippen LogP contribution in [0, 0.1) is 18.6 Å². The molecular weight excluding hydrogens is 567 g/mol. The molecule has 0 spiro atoms. The molecule has 1 aliphatic rings. The van der Waals surface area contributed by atoms with Gasteiger partial charge in [-0.1, -0.05) is 0 Å². The number of fused-ring (bicyclic) bond motifs is 3. The number of pyridine rings is 2. The summed E-state index contributed by atoms with van der Waals surface area (Å²) in [4.78, 5) is 9.01. The molecule has 1 fully saturated rings. The van der Waals surface area contributed by atoms with E-state index in [2.05, 4.69) is 10.1 Å². The highest BCUT2D eigenvalue weighted by Crippen LogP contribution is 2.47. The minimum absolute atomic E-state index is 0.00404. The summed E-state index contributed by atoms with van der Waals surface area (Å²) >= 11 is 0. The molecule has 0 amide bonds. The van der Waals surface area contributed by atoms with Crippen LogP contribution in [-0.4, -0.2) is 52.0 Å². The molecule has 1 aliphatic carbocycles. The topological polar surface area (TPSA) is 91.9 Å². The van der Waals surface area contributed by atoms with Crippen molar-refractivity contribution in [1.82, 2.24) is 24.3 Å². The van der Waals surface area contributed by atoms with E-state index in [1.54, 1.807) is 17.7 Å². The van der Waals surface area contributed by atoms with Gasteiger partial charge in [0, 0.05) is 48.2 Å². The zero-order valence-corrected chi connectivity index (χ0v) is 23.9. The van der Waals surface area contributed by atoms with E-state index >= 15 is 4.39 Å². The Morgan fingerprint density at radius 3 is 2.57 bits per heavy atom. The number of benzene rings is 1. The molecule has 0 bridgehead atoms. The highest BCUT2D eigenvalue weighted by molar-refractivity contribution is 7.90. The highest BCUT2D eigenvalue weighted by Gasteiger charge is 2.41. The first-order valence-electron chi connectivity index (χ1n) is 14.8. The van der Waals surface area contributed by atoms with E-state index in [9.17, 15) is 17.2 Å². The van der Waals surface area contributed by atoms with E-state index in [0.717, 1.165) is 6.26 Å². The molecule has 42 heavy (non-hydrogen) atoms. The van der Waals surface area contributed by atoms with E-state index in [-0.39, 0.29) is 40.4 Å². The van der Waals surface area contributed by atoms with Crippen molar-refractivity contribution < 1.29 is 30.4 Å². The number of alkyl halides is 2. The molecule has 6 rings (SSSR count). The third-order valence-corrected chi connectivity index (χ3v) is 9.18. The van der Waals surface area contributed by atoms with Gasteiger partial charge in [0.1, 0.15) is 11.6 Å². The van der Waals surface area contributed by atoms with Gasteiger partial charge in [0.05, 0.1) is 57.6 Å². The maximum absolute atomic E-state index is 15.7. The van der Waals surface area contributed by atoms with Gasteiger partial charge in [-0.2, -0.15) is 5.10 Å². The van der Waals surface area contributed by atoms with Gasteiger partial charge in [-0.05, 0) is 61.5 Å². The second kappa shape index (κ2) is 10.1. The van der Waals surface area contributed by atoms with Gasteiger partial charge in [0.25, 0.3) is 0 Å². The number of hydrogen-bond acceptors (Lipinski definition) is 6. The molecule has 220 valence electrons. The summed E-state index contributed by atoms with van der Waals surface area (Å²) in [6, 6.07) is 6.22. The standard InChI is InChI=1S/C30H30F3N5O3S/c1-17-15-36-37(2)28(17)19-12-23-27(35-16-19)25-22(13-20(42(4,39)40)14-24(25)41-3)38(23)29(26-21(31)6-5-11-34-26)18-7-9-30(32,33)10-8-18/h5-6,11-16,18,29H,7-10H2,1-4H3/i1D3. The second-order valence-corrected chi connectivity index (χ2v) is 12.8. The summed E-state index contributed by atoms with van der Waals surface area (Å²) in [6.45, 7) is -2.49. The van der Waals surface area contributed by atoms with Gasteiger partial charge < -0.3 is 9.30 Å². The minimum atomic E-state index is -3.77. The normalized spacial score (nSPS) is 18.1. The van der Waals surface area contributed by atoms with Crippen molar-refractivity contribution in [3.63, 3.8) is 0 Å². The zero-order valence-electron chi connectivity index (χ0n) is 26.1. The third kappa shape index (κ3) is 4.71. The Balaban J connectivity index is 1.75. The molecule has 12 heteroatoms. The van der Waals surface area contributed by atoms with Crippen LogP contribution in [0.5, 0.6) is 5.75 Å². The number of aryl methyl sites for hydroxylation is 2. The average Bonchev–Trinajstić information content (AvgIpc) is 3.52. The van der Waals surface area contributed by atoms with E-state index in [0.29, 0.717) is 27.5 Å². The third-order valence-electron chi connectivity index (χ3n) is 8.09. The molecule has 1 atom stereocenters. The van der Waals surface area contributed by atoms with Crippen molar-refractivity contribution in [2.24, 2.45) is 13.0 Å². The minimum Gasteiger partial charge on any atom is -0.496 e. The van der Waals surface area contributed by atoms with Crippen LogP contribution >= 0.6 is 0 Å². The molecule has 0 saturated heterocycles. The summed E-state index contributed by atoms with van der Waals surface area (Å²) in [5, 5.41) is 4.58. The first-order valence-corrected chi connectivity index (χ1v) is 15.2. The summed E-state index contributed by atoms with van der Waals surface area (Å²) in [6.07, 6.45) is 4.51. The number of rotatable bonds is 6. The Morgan fingerprint density at radius 2 is 1.90 bits per heavy atom. The van der Waals surface area contributed by atoms with Crippen LogP contribution in [0.2, 0.25) is 0 Å². The molecule has 1 aromatic carbocycles. The van der Waals surface area contributed by atoms with Crippen molar-refractivity contribution in [3.8, 4) is 17.0 Å². The Morgan fingerprint density at radius 1 is 1.14 bits per heavy atom. The monoisotopic (exact) mass is 600 g/mol. The Kier molecular flexibility index (Phi) is 5.93. The number of hydrogen-bond donors (Lipinski definition) is 0. The Bertz CT molecular complexity index is 2050. The number of halogens is 3. The van der Waals surface area contributed by atoms with Gasteiger partial charge in [-0.25, -0.2) is 21.6 Å². The van der Waals surface area contributed by atoms with Gasteiger partial charge in [-0.3, -0.25) is 14.6 Å². The van der Waals surface area contributed by atoms with Crippen molar-refractivity contribution in [2.75, 3.05) is 13.4 Å². The molecule has 1 saturated carbocycles. The van der Waals surface area contributed by atoms with Gasteiger partial charge in [-0.15, -0.1) is 0 Å². The largest absolute Gasteiger partial charge is 0.496 e. The first-order chi connectivity index (χ1) is 21.1. The van der Waals surface area contributed by atoms with E-state index < -0.39 is 53.2 Å². The van der Waals surface area contributed by atoms with Crippen LogP contribution in [0.3, 0.4) is 0 Å². The van der Waals surface area contributed by atoms with Crippen molar-refractivity contribution in [2.45, 2.75) is 49.4 Å². The zero-order chi connectivity index (χ0) is 32.5. The summed E-state index contributed by atoms with van der Waals surface area (Å²) < 4.78 is 103. The van der Waals surface area contributed by atoms with E-state index in [4.69, 9.17) is 13.8 Å². The smallest absolute Gasteiger partial charge is 0.248 e. The maximum atomic E-state index is 15.7. The summed E-state index contributed by atoms with van der Waals surface area (Å²) in [5.41, 5.74) is 1.74. The molecule has 0 aliphatic heterocycles. The molecule has 4 heterocycles. The molecule has 0 radical (unpaired) electrons. The number of sulfone groups is 1.